The number of aliphatic hydroxyl groups excluding tert-OH is 1. The van der Waals surface area contributed by atoms with E-state index in [0.717, 1.165) is 19.3 Å². The zero-order chi connectivity index (χ0) is 19.9. The molecular weight excluding hydrogens is 360 g/mol. The van der Waals surface area contributed by atoms with Crippen molar-refractivity contribution in [2.45, 2.75) is 96.1 Å². The van der Waals surface area contributed by atoms with Crippen LogP contribution in [0.2, 0.25) is 0 Å². The highest BCUT2D eigenvalue weighted by Gasteiger charge is 2.90. The average molecular weight is 392 g/mol. The minimum atomic E-state index is -0.675. The number of ether oxygens (including phenoxy) is 4. The fourth-order valence-corrected chi connectivity index (χ4v) is 8.84. The Morgan fingerprint density at radius 1 is 1.18 bits per heavy atom. The molecule has 4 aliphatic carbocycles. The molecule has 0 aromatic heterocycles. The third-order valence-corrected chi connectivity index (χ3v) is 9.52. The van der Waals surface area contributed by atoms with Gasteiger partial charge in [-0.1, -0.05) is 13.8 Å². The summed E-state index contributed by atoms with van der Waals surface area (Å²) < 4.78 is 25.5. The summed E-state index contributed by atoms with van der Waals surface area (Å²) in [4.78, 5) is 12.0. The number of aliphatic hydroxyl groups is 1. The molecule has 4 saturated carbocycles. The summed E-state index contributed by atoms with van der Waals surface area (Å²) in [6.45, 7) is 10.6. The standard InChI is InChI=1S/C22H32O6/c1-11(23)26-20-7-6-12-21-10-25-14(8-13(21)24)18(2,3)16(21)15-17(22(12,20)9-20)28-19(4,5)27-15/h12-17,24H,6-10H2,1-5H3/t12-,13+,14+,15-,16+,17-,20-,21+,22-/m0/s1. The molecule has 0 unspecified atom stereocenters. The molecule has 0 amide bonds. The van der Waals surface area contributed by atoms with Gasteiger partial charge in [0.1, 0.15) is 5.60 Å². The minimum absolute atomic E-state index is 0.0372. The van der Waals surface area contributed by atoms with Gasteiger partial charge in [-0.15, -0.1) is 0 Å². The molecule has 3 heterocycles. The van der Waals surface area contributed by atoms with Crippen LogP contribution in [0.25, 0.3) is 0 Å². The van der Waals surface area contributed by atoms with Gasteiger partial charge in [-0.2, -0.15) is 0 Å². The summed E-state index contributed by atoms with van der Waals surface area (Å²) in [5, 5.41) is 11.4. The maximum Gasteiger partial charge on any atom is 0.303 e. The lowest BCUT2D eigenvalue weighted by molar-refractivity contribution is -0.329. The molecule has 6 heteroatoms. The Kier molecular flexibility index (Phi) is 3.10. The summed E-state index contributed by atoms with van der Waals surface area (Å²) in [5.74, 6) is -0.514. The summed E-state index contributed by atoms with van der Waals surface area (Å²) >= 11 is 0. The van der Waals surface area contributed by atoms with Gasteiger partial charge in [0.15, 0.2) is 5.79 Å². The largest absolute Gasteiger partial charge is 0.459 e. The first-order chi connectivity index (χ1) is 13.0. The Hall–Kier alpha value is -0.690. The molecule has 6 nitrogen and oxygen atoms in total. The smallest absolute Gasteiger partial charge is 0.303 e. The minimum Gasteiger partial charge on any atom is -0.459 e. The second kappa shape index (κ2) is 4.79. The quantitative estimate of drug-likeness (QED) is 0.691. The van der Waals surface area contributed by atoms with E-state index in [-0.39, 0.29) is 52.4 Å². The van der Waals surface area contributed by atoms with E-state index in [0.29, 0.717) is 13.0 Å². The maximum absolute atomic E-state index is 12.0. The molecule has 156 valence electrons. The number of carbonyl (C=O) groups excluding carboxylic acids is 1. The fraction of sp³-hybridized carbons (Fsp3) is 0.955. The van der Waals surface area contributed by atoms with E-state index in [9.17, 15) is 9.90 Å². The molecule has 0 radical (unpaired) electrons. The number of hydrogen-bond acceptors (Lipinski definition) is 6. The van der Waals surface area contributed by atoms with Gasteiger partial charge in [-0.3, -0.25) is 4.79 Å². The van der Waals surface area contributed by atoms with Crippen molar-refractivity contribution in [1.29, 1.82) is 0 Å². The van der Waals surface area contributed by atoms with Crippen LogP contribution in [0.3, 0.4) is 0 Å². The third kappa shape index (κ3) is 1.72. The number of carbonyl (C=O) groups is 1. The van der Waals surface area contributed by atoms with Gasteiger partial charge in [0.05, 0.1) is 31.0 Å². The van der Waals surface area contributed by atoms with Crippen LogP contribution in [0, 0.1) is 28.1 Å². The van der Waals surface area contributed by atoms with Crippen LogP contribution >= 0.6 is 0 Å². The summed E-state index contributed by atoms with van der Waals surface area (Å²) in [6, 6.07) is 0. The highest BCUT2D eigenvalue weighted by atomic mass is 16.8. The molecule has 9 atom stereocenters. The molecule has 0 aromatic carbocycles. The Labute approximate surface area is 166 Å². The average Bonchev–Trinajstić information content (AvgIpc) is 2.88. The Morgan fingerprint density at radius 2 is 1.93 bits per heavy atom. The normalized spacial score (nSPS) is 59.1. The zero-order valence-corrected chi connectivity index (χ0v) is 17.5. The van der Waals surface area contributed by atoms with Crippen molar-refractivity contribution in [2.75, 3.05) is 6.61 Å². The second-order valence-corrected chi connectivity index (χ2v) is 11.4. The van der Waals surface area contributed by atoms with E-state index in [1.54, 1.807) is 0 Å². The number of rotatable bonds is 1. The van der Waals surface area contributed by atoms with Gasteiger partial charge >= 0.3 is 5.97 Å². The van der Waals surface area contributed by atoms with E-state index in [4.69, 9.17) is 18.9 Å². The van der Waals surface area contributed by atoms with Crippen molar-refractivity contribution < 1.29 is 28.8 Å². The summed E-state index contributed by atoms with van der Waals surface area (Å²) in [5.41, 5.74) is -1.19. The van der Waals surface area contributed by atoms with E-state index in [1.807, 2.05) is 13.8 Å². The van der Waals surface area contributed by atoms with Gasteiger partial charge in [0.2, 0.25) is 0 Å². The predicted octanol–water partition coefficient (Wildman–Crippen LogP) is 2.41. The molecular formula is C22H32O6. The SMILES string of the molecule is CC(=O)O[C@]12CC[C@H]3[C@]45CO[C@H](C[C@H]4O)C(C)(C)[C@H]5[C@@H]4OC(C)(C)O[C@@H]4[C@]31C2. The number of esters is 1. The van der Waals surface area contributed by atoms with Gasteiger partial charge in [-0.25, -0.2) is 0 Å². The maximum atomic E-state index is 12.0. The van der Waals surface area contributed by atoms with Crippen LogP contribution < -0.4 is 0 Å². The van der Waals surface area contributed by atoms with Crippen LogP contribution in [0.1, 0.15) is 60.3 Å². The van der Waals surface area contributed by atoms with Crippen molar-refractivity contribution >= 4 is 5.97 Å². The van der Waals surface area contributed by atoms with Crippen molar-refractivity contribution in [3.8, 4) is 0 Å². The first-order valence-electron chi connectivity index (χ1n) is 10.9. The monoisotopic (exact) mass is 392 g/mol. The van der Waals surface area contributed by atoms with Crippen molar-refractivity contribution in [3.63, 3.8) is 0 Å². The Morgan fingerprint density at radius 3 is 2.61 bits per heavy atom. The number of fused-ring (bicyclic) bond motifs is 3. The van der Waals surface area contributed by atoms with E-state index in [2.05, 4.69) is 13.8 Å². The molecule has 0 aromatic rings. The summed E-state index contributed by atoms with van der Waals surface area (Å²) in [6.07, 6.45) is 2.69. The highest BCUT2D eigenvalue weighted by molar-refractivity contribution is 5.67. The van der Waals surface area contributed by atoms with E-state index >= 15 is 0 Å². The van der Waals surface area contributed by atoms with Gasteiger partial charge < -0.3 is 24.1 Å². The first-order valence-corrected chi connectivity index (χ1v) is 10.9. The Bertz CT molecular complexity index is 762. The highest BCUT2D eigenvalue weighted by Crippen LogP contribution is 2.84. The predicted molar refractivity (Wildman–Crippen MR) is 98.2 cm³/mol. The van der Waals surface area contributed by atoms with Crippen LogP contribution in [0.15, 0.2) is 0 Å². The molecule has 28 heavy (non-hydrogen) atoms. The van der Waals surface area contributed by atoms with Crippen molar-refractivity contribution in [2.24, 2.45) is 28.1 Å². The molecule has 7 aliphatic rings. The van der Waals surface area contributed by atoms with Crippen molar-refractivity contribution in [1.82, 2.24) is 0 Å². The fourth-order valence-electron chi connectivity index (χ4n) is 8.84. The topological polar surface area (TPSA) is 74.2 Å². The number of hydrogen-bond donors (Lipinski definition) is 1. The van der Waals surface area contributed by atoms with Crippen LogP contribution in [0.5, 0.6) is 0 Å². The lowest BCUT2D eigenvalue weighted by Crippen LogP contribution is -2.75. The summed E-state index contributed by atoms with van der Waals surface area (Å²) in [7, 11) is 0. The molecule has 3 saturated heterocycles. The molecule has 7 rings (SSSR count). The van der Waals surface area contributed by atoms with Crippen LogP contribution in [0.4, 0.5) is 0 Å². The van der Waals surface area contributed by atoms with Crippen molar-refractivity contribution in [3.05, 3.63) is 0 Å². The van der Waals surface area contributed by atoms with Crippen LogP contribution in [-0.4, -0.2) is 53.5 Å². The molecule has 3 aliphatic heterocycles. The zero-order valence-electron chi connectivity index (χ0n) is 17.5. The van der Waals surface area contributed by atoms with E-state index < -0.39 is 17.5 Å². The lowest BCUT2D eigenvalue weighted by atomic mass is 9.41. The van der Waals surface area contributed by atoms with Gasteiger partial charge in [-0.05, 0) is 38.0 Å². The van der Waals surface area contributed by atoms with Gasteiger partial charge in [0, 0.05) is 36.5 Å². The van der Waals surface area contributed by atoms with Gasteiger partial charge in [0.25, 0.3) is 0 Å². The molecule has 7 fully saturated rings. The molecule has 2 spiro atoms. The molecule has 2 bridgehead atoms. The first kappa shape index (κ1) is 18.1. The third-order valence-electron chi connectivity index (χ3n) is 9.52. The van der Waals surface area contributed by atoms with E-state index in [1.165, 1.54) is 6.92 Å². The second-order valence-electron chi connectivity index (χ2n) is 11.4. The lowest BCUT2D eigenvalue weighted by Gasteiger charge is -2.69. The Balaban J connectivity index is 1.55. The van der Waals surface area contributed by atoms with Crippen LogP contribution in [-0.2, 0) is 23.7 Å². The molecule has 1 N–H and O–H groups in total.